The van der Waals surface area contributed by atoms with Crippen LogP contribution in [0.2, 0.25) is 0 Å². The summed E-state index contributed by atoms with van der Waals surface area (Å²) >= 11 is 0. The van der Waals surface area contributed by atoms with Gasteiger partial charge < -0.3 is 14.9 Å². The van der Waals surface area contributed by atoms with E-state index in [1.807, 2.05) is 0 Å². The van der Waals surface area contributed by atoms with Crippen LogP contribution >= 0.6 is 0 Å². The molecule has 3 rings (SSSR count). The molecule has 2 N–H and O–H groups in total. The minimum absolute atomic E-state index is 0.0493. The second kappa shape index (κ2) is 1.92. The smallest absolute Gasteiger partial charge is 0.157 e. The highest BCUT2D eigenvalue weighted by atomic mass is 19.1. The molecule has 13 heavy (non-hydrogen) atoms. The van der Waals surface area contributed by atoms with Crippen LogP contribution in [0.25, 0.3) is 0 Å². The molecule has 1 heterocycles. The van der Waals surface area contributed by atoms with Gasteiger partial charge in [-0.2, -0.15) is 0 Å². The molecule has 0 aromatic carbocycles. The lowest BCUT2D eigenvalue weighted by Gasteiger charge is -2.26. The summed E-state index contributed by atoms with van der Waals surface area (Å²) in [6, 6.07) is 0. The summed E-state index contributed by atoms with van der Waals surface area (Å²) in [5.74, 6) is 0.0493. The topological polar surface area (TPSA) is 49.7 Å². The fourth-order valence-electron chi connectivity index (χ4n) is 3.02. The molecule has 1 saturated heterocycles. The van der Waals surface area contributed by atoms with Crippen molar-refractivity contribution < 1.29 is 19.3 Å². The monoisotopic (exact) mass is 188 g/mol. The highest BCUT2D eigenvalue weighted by Gasteiger charge is 2.77. The van der Waals surface area contributed by atoms with E-state index in [1.165, 1.54) is 0 Å². The Hall–Kier alpha value is -0.190. The molecule has 2 aliphatic carbocycles. The third-order valence-electron chi connectivity index (χ3n) is 3.84. The molecule has 6 atom stereocenters. The van der Waals surface area contributed by atoms with E-state index in [9.17, 15) is 14.6 Å². The summed E-state index contributed by atoms with van der Waals surface area (Å²) in [5, 5.41) is 19.9. The third kappa shape index (κ3) is 0.717. The summed E-state index contributed by atoms with van der Waals surface area (Å²) < 4.78 is 18.8. The van der Waals surface area contributed by atoms with E-state index < -0.39 is 29.6 Å². The summed E-state index contributed by atoms with van der Waals surface area (Å²) in [4.78, 5) is 0. The van der Waals surface area contributed by atoms with Gasteiger partial charge in [0, 0.05) is 0 Å². The maximum absolute atomic E-state index is 13.5. The van der Waals surface area contributed by atoms with Crippen LogP contribution in [0.4, 0.5) is 4.39 Å². The molecule has 0 aromatic rings. The summed E-state index contributed by atoms with van der Waals surface area (Å²) in [5.41, 5.74) is -2.35. The SMILES string of the molecule is C[C@@H]1O[C@@H]2[C@@]3(O)C[C@H]3C[C@]2(O)[C@H]1F. The van der Waals surface area contributed by atoms with E-state index >= 15 is 0 Å². The van der Waals surface area contributed by atoms with Crippen LogP contribution in [0, 0.1) is 5.92 Å². The molecular formula is C9H13FO3. The zero-order valence-corrected chi connectivity index (χ0v) is 7.40. The zero-order valence-electron chi connectivity index (χ0n) is 7.40. The van der Waals surface area contributed by atoms with Crippen molar-refractivity contribution in [3.8, 4) is 0 Å². The Labute approximate surface area is 75.5 Å². The molecule has 0 amide bonds. The van der Waals surface area contributed by atoms with Crippen molar-refractivity contribution in [1.82, 2.24) is 0 Å². The van der Waals surface area contributed by atoms with Crippen molar-refractivity contribution in [2.75, 3.05) is 0 Å². The van der Waals surface area contributed by atoms with E-state index in [-0.39, 0.29) is 5.92 Å². The van der Waals surface area contributed by atoms with Crippen LogP contribution in [0.15, 0.2) is 0 Å². The molecule has 0 spiro atoms. The average Bonchev–Trinajstić information content (AvgIpc) is 2.56. The Morgan fingerprint density at radius 2 is 1.92 bits per heavy atom. The Bertz CT molecular complexity index is 272. The highest BCUT2D eigenvalue weighted by molar-refractivity contribution is 5.27. The normalized spacial score (nSPS) is 69.2. The summed E-state index contributed by atoms with van der Waals surface area (Å²) in [6.07, 6.45) is -1.65. The van der Waals surface area contributed by atoms with Crippen LogP contribution in [-0.4, -0.2) is 39.8 Å². The highest BCUT2D eigenvalue weighted by Crippen LogP contribution is 2.64. The molecule has 0 bridgehead atoms. The van der Waals surface area contributed by atoms with Crippen molar-refractivity contribution in [3.63, 3.8) is 0 Å². The summed E-state index contributed by atoms with van der Waals surface area (Å²) in [7, 11) is 0. The number of alkyl halides is 1. The Morgan fingerprint density at radius 3 is 2.54 bits per heavy atom. The lowest BCUT2D eigenvalue weighted by molar-refractivity contribution is -0.0980. The number of rotatable bonds is 0. The van der Waals surface area contributed by atoms with Crippen molar-refractivity contribution in [1.29, 1.82) is 0 Å². The Kier molecular flexibility index (Phi) is 1.20. The van der Waals surface area contributed by atoms with Crippen LogP contribution in [-0.2, 0) is 4.74 Å². The van der Waals surface area contributed by atoms with Crippen LogP contribution in [0.1, 0.15) is 19.8 Å². The number of hydrogen-bond acceptors (Lipinski definition) is 3. The van der Waals surface area contributed by atoms with Gasteiger partial charge in [-0.25, -0.2) is 4.39 Å². The molecule has 3 aliphatic rings. The lowest BCUT2D eigenvalue weighted by Crippen LogP contribution is -2.47. The van der Waals surface area contributed by atoms with Gasteiger partial charge in [0.05, 0.1) is 11.7 Å². The van der Waals surface area contributed by atoms with Crippen molar-refractivity contribution >= 4 is 0 Å². The van der Waals surface area contributed by atoms with Crippen molar-refractivity contribution in [2.24, 2.45) is 5.92 Å². The number of ether oxygens (including phenoxy) is 1. The Morgan fingerprint density at radius 1 is 1.31 bits per heavy atom. The lowest BCUT2D eigenvalue weighted by atomic mass is 9.90. The second-order valence-corrected chi connectivity index (χ2v) is 4.71. The van der Waals surface area contributed by atoms with Gasteiger partial charge in [-0.05, 0) is 25.7 Å². The predicted molar refractivity (Wildman–Crippen MR) is 41.9 cm³/mol. The van der Waals surface area contributed by atoms with Crippen LogP contribution < -0.4 is 0 Å². The molecule has 4 heteroatoms. The number of halogens is 1. The molecule has 1 aliphatic heterocycles. The largest absolute Gasteiger partial charge is 0.387 e. The van der Waals surface area contributed by atoms with Gasteiger partial charge >= 0.3 is 0 Å². The minimum atomic E-state index is -1.42. The molecule has 2 saturated carbocycles. The first-order chi connectivity index (χ1) is 5.98. The van der Waals surface area contributed by atoms with Gasteiger partial charge in [-0.1, -0.05) is 0 Å². The second-order valence-electron chi connectivity index (χ2n) is 4.71. The van der Waals surface area contributed by atoms with Crippen molar-refractivity contribution in [3.05, 3.63) is 0 Å². The van der Waals surface area contributed by atoms with E-state index in [0.717, 1.165) is 0 Å². The van der Waals surface area contributed by atoms with E-state index in [4.69, 9.17) is 4.74 Å². The first-order valence-corrected chi connectivity index (χ1v) is 4.73. The predicted octanol–water partition coefficient (Wildman–Crippen LogP) is -0.00240. The fraction of sp³-hybridized carbons (Fsp3) is 1.00. The maximum atomic E-state index is 13.5. The molecular weight excluding hydrogens is 175 g/mol. The standard InChI is InChI=1S/C9H13FO3/c1-4-6(10)9(12)3-5-2-8(5,11)7(9)13-4/h4-7,11-12H,2-3H2,1H3/t4-,5-,6-,7+,8+,9-/m0/s1. The van der Waals surface area contributed by atoms with Crippen LogP contribution in [0.3, 0.4) is 0 Å². The van der Waals surface area contributed by atoms with Gasteiger partial charge in [0.25, 0.3) is 0 Å². The molecule has 0 aromatic heterocycles. The quantitative estimate of drug-likeness (QED) is 0.562. The molecule has 3 nitrogen and oxygen atoms in total. The maximum Gasteiger partial charge on any atom is 0.157 e. The van der Waals surface area contributed by atoms with E-state index in [0.29, 0.717) is 12.8 Å². The zero-order chi connectivity index (χ0) is 9.43. The third-order valence-corrected chi connectivity index (χ3v) is 3.84. The van der Waals surface area contributed by atoms with Gasteiger partial charge in [0.1, 0.15) is 11.7 Å². The number of hydrogen-bond donors (Lipinski definition) is 2. The Balaban J connectivity index is 1.99. The molecule has 0 unspecified atom stereocenters. The van der Waals surface area contributed by atoms with Gasteiger partial charge in [0.15, 0.2) is 6.17 Å². The number of aliphatic hydroxyl groups is 2. The first-order valence-electron chi connectivity index (χ1n) is 4.73. The van der Waals surface area contributed by atoms with E-state index in [1.54, 1.807) is 6.92 Å². The van der Waals surface area contributed by atoms with Gasteiger partial charge in [0.2, 0.25) is 0 Å². The summed E-state index contributed by atoms with van der Waals surface area (Å²) in [6.45, 7) is 1.60. The molecule has 0 radical (unpaired) electrons. The van der Waals surface area contributed by atoms with Crippen molar-refractivity contribution in [2.45, 2.75) is 49.3 Å². The van der Waals surface area contributed by atoms with Gasteiger partial charge in [-0.3, -0.25) is 0 Å². The molecule has 74 valence electrons. The van der Waals surface area contributed by atoms with Gasteiger partial charge in [-0.15, -0.1) is 0 Å². The fourth-order valence-corrected chi connectivity index (χ4v) is 3.02. The number of fused-ring (bicyclic) bond motifs is 3. The van der Waals surface area contributed by atoms with Crippen LogP contribution in [0.5, 0.6) is 0 Å². The average molecular weight is 188 g/mol. The minimum Gasteiger partial charge on any atom is -0.387 e. The van der Waals surface area contributed by atoms with E-state index in [2.05, 4.69) is 0 Å². The first kappa shape index (κ1) is 8.15. The molecule has 3 fully saturated rings.